The maximum Gasteiger partial charge on any atom is 0.229 e. The number of para-hydroxylation sites is 2. The number of methoxy groups -OCH3 is 1. The van der Waals surface area contributed by atoms with Crippen LogP contribution in [-0.4, -0.2) is 43.1 Å². The molecule has 0 saturated carbocycles. The number of piperidine rings is 1. The first-order chi connectivity index (χ1) is 15.9. The van der Waals surface area contributed by atoms with E-state index in [9.17, 15) is 19.2 Å². The predicted octanol–water partition coefficient (Wildman–Crippen LogP) is 1.03. The molecule has 4 rings (SSSR count). The van der Waals surface area contributed by atoms with Crippen molar-refractivity contribution in [3.05, 3.63) is 54.1 Å². The van der Waals surface area contributed by atoms with Crippen LogP contribution in [0.3, 0.4) is 0 Å². The number of rotatable bonds is 6. The molecule has 0 spiro atoms. The Balaban J connectivity index is 1.47. The van der Waals surface area contributed by atoms with E-state index in [0.717, 1.165) is 0 Å². The molecule has 2 aliphatic rings. The Morgan fingerprint density at radius 3 is 2.45 bits per heavy atom. The first-order valence-electron chi connectivity index (χ1n) is 10.5. The molecule has 2 aromatic carbocycles. The number of amides is 3. The van der Waals surface area contributed by atoms with Crippen LogP contribution < -0.4 is 31.3 Å². The van der Waals surface area contributed by atoms with E-state index in [2.05, 4.69) is 26.6 Å². The van der Waals surface area contributed by atoms with Gasteiger partial charge in [-0.1, -0.05) is 12.1 Å². The number of benzene rings is 2. The normalized spacial score (nSPS) is 24.1. The van der Waals surface area contributed by atoms with Crippen LogP contribution in [-0.2, 0) is 14.4 Å². The van der Waals surface area contributed by atoms with Gasteiger partial charge in [0.05, 0.1) is 30.8 Å². The number of ether oxygens (including phenoxy) is 1. The van der Waals surface area contributed by atoms with Crippen molar-refractivity contribution in [3.8, 4) is 5.75 Å². The lowest BCUT2D eigenvalue weighted by molar-refractivity contribution is -0.144. The molecule has 172 valence electrons. The zero-order valence-electron chi connectivity index (χ0n) is 18.2. The van der Waals surface area contributed by atoms with Gasteiger partial charge in [-0.15, -0.1) is 0 Å². The Bertz CT molecular complexity index is 1090. The monoisotopic (exact) mass is 451 g/mol. The van der Waals surface area contributed by atoms with E-state index < -0.39 is 30.2 Å². The summed E-state index contributed by atoms with van der Waals surface area (Å²) in [5, 5.41) is 14.6. The summed E-state index contributed by atoms with van der Waals surface area (Å²) in [6.07, 6.45) is -1.53. The van der Waals surface area contributed by atoms with Crippen molar-refractivity contribution in [2.45, 2.75) is 25.8 Å². The number of hydrogen-bond acceptors (Lipinski definition) is 7. The lowest BCUT2D eigenvalue weighted by atomic mass is 9.81. The Morgan fingerprint density at radius 2 is 1.76 bits per heavy atom. The van der Waals surface area contributed by atoms with Crippen LogP contribution in [0, 0.1) is 11.8 Å². The van der Waals surface area contributed by atoms with Crippen LogP contribution in [0.25, 0.3) is 0 Å². The molecule has 4 atom stereocenters. The van der Waals surface area contributed by atoms with E-state index in [4.69, 9.17) is 4.74 Å². The van der Waals surface area contributed by atoms with Crippen LogP contribution in [0.5, 0.6) is 5.75 Å². The number of ketones is 1. The van der Waals surface area contributed by atoms with Crippen molar-refractivity contribution in [1.82, 2.24) is 16.0 Å². The van der Waals surface area contributed by atoms with E-state index in [1.54, 1.807) is 43.5 Å². The van der Waals surface area contributed by atoms with Gasteiger partial charge in [0, 0.05) is 17.7 Å². The molecule has 0 radical (unpaired) electrons. The predicted molar refractivity (Wildman–Crippen MR) is 120 cm³/mol. The van der Waals surface area contributed by atoms with Crippen LogP contribution in [0.1, 0.15) is 23.7 Å². The zero-order chi connectivity index (χ0) is 23.5. The highest BCUT2D eigenvalue weighted by atomic mass is 16.5. The van der Waals surface area contributed by atoms with Crippen molar-refractivity contribution in [2.75, 3.05) is 17.7 Å². The molecule has 4 unspecified atom stereocenters. The average molecular weight is 451 g/mol. The number of carbonyl (C=O) groups excluding carboxylic acids is 4. The van der Waals surface area contributed by atoms with E-state index in [-0.39, 0.29) is 24.0 Å². The van der Waals surface area contributed by atoms with Crippen LogP contribution >= 0.6 is 0 Å². The van der Waals surface area contributed by atoms with Gasteiger partial charge in [-0.2, -0.15) is 0 Å². The molecule has 33 heavy (non-hydrogen) atoms. The minimum Gasteiger partial charge on any atom is -0.495 e. The SMILES string of the molecule is COc1ccccc1NC1NC(=O)C2C(NC(=O)CC2C(=O)Nc2ccc(C(C)=O)cc2)N1. The number of nitrogens with one attached hydrogen (secondary N) is 5. The number of anilines is 2. The minimum absolute atomic E-state index is 0.0825. The Hall–Kier alpha value is -3.92. The van der Waals surface area contributed by atoms with Gasteiger partial charge in [0.1, 0.15) is 5.75 Å². The Labute approximate surface area is 190 Å². The lowest BCUT2D eigenvalue weighted by Crippen LogP contribution is -2.72. The topological polar surface area (TPSA) is 138 Å². The molecule has 3 amide bonds. The first kappa shape index (κ1) is 22.3. The Morgan fingerprint density at radius 1 is 1.03 bits per heavy atom. The molecule has 2 aliphatic heterocycles. The minimum atomic E-state index is -0.865. The molecular formula is C23H25N5O5. The molecule has 2 fully saturated rings. The van der Waals surface area contributed by atoms with Gasteiger partial charge in [-0.25, -0.2) is 0 Å². The standard InChI is InChI=1S/C23H25N5O5/c1-12(29)13-7-9-14(10-8-13)24-21(31)15-11-18(30)26-20-19(15)22(32)28-23(27-20)25-16-5-3-4-6-17(16)33-2/h3-10,15,19-20,23,25,27H,11H2,1-2H3,(H,24,31)(H,26,30)(H,28,32). The molecule has 2 saturated heterocycles. The van der Waals surface area contributed by atoms with Crippen molar-refractivity contribution < 1.29 is 23.9 Å². The quantitative estimate of drug-likeness (QED) is 0.414. The highest BCUT2D eigenvalue weighted by Gasteiger charge is 2.48. The molecule has 0 aromatic heterocycles. The summed E-state index contributed by atoms with van der Waals surface area (Å²) in [7, 11) is 1.54. The fourth-order valence-corrected chi connectivity index (χ4v) is 4.10. The van der Waals surface area contributed by atoms with Crippen LogP contribution in [0.4, 0.5) is 11.4 Å². The van der Waals surface area contributed by atoms with E-state index in [0.29, 0.717) is 22.7 Å². The van der Waals surface area contributed by atoms with Gasteiger partial charge in [-0.05, 0) is 43.3 Å². The summed E-state index contributed by atoms with van der Waals surface area (Å²) in [6, 6.07) is 13.7. The van der Waals surface area contributed by atoms with Gasteiger partial charge in [0.2, 0.25) is 17.7 Å². The summed E-state index contributed by atoms with van der Waals surface area (Å²) in [6.45, 7) is 1.46. The molecular weight excluding hydrogens is 426 g/mol. The summed E-state index contributed by atoms with van der Waals surface area (Å²) < 4.78 is 5.32. The van der Waals surface area contributed by atoms with Crippen molar-refractivity contribution in [3.63, 3.8) is 0 Å². The molecule has 10 heteroatoms. The fourth-order valence-electron chi connectivity index (χ4n) is 4.10. The second-order valence-corrected chi connectivity index (χ2v) is 7.96. The third-order valence-electron chi connectivity index (χ3n) is 5.75. The first-order valence-corrected chi connectivity index (χ1v) is 10.5. The molecule has 2 aromatic rings. The number of hydrogen-bond donors (Lipinski definition) is 5. The zero-order valence-corrected chi connectivity index (χ0v) is 18.2. The average Bonchev–Trinajstić information content (AvgIpc) is 2.79. The van der Waals surface area contributed by atoms with Crippen molar-refractivity contribution in [1.29, 1.82) is 0 Å². The van der Waals surface area contributed by atoms with Crippen molar-refractivity contribution in [2.24, 2.45) is 11.8 Å². The summed E-state index contributed by atoms with van der Waals surface area (Å²) in [5.41, 5.74) is 1.66. The van der Waals surface area contributed by atoms with Gasteiger partial charge in [0.25, 0.3) is 0 Å². The maximum absolute atomic E-state index is 13.0. The summed E-state index contributed by atoms with van der Waals surface area (Å²) >= 11 is 0. The largest absolute Gasteiger partial charge is 0.495 e. The van der Waals surface area contributed by atoms with Gasteiger partial charge in [-0.3, -0.25) is 24.5 Å². The number of fused-ring (bicyclic) bond motifs is 1. The lowest BCUT2D eigenvalue weighted by Gasteiger charge is -2.43. The maximum atomic E-state index is 13.0. The fraction of sp³-hybridized carbons (Fsp3) is 0.304. The van der Waals surface area contributed by atoms with Crippen LogP contribution in [0.15, 0.2) is 48.5 Å². The third-order valence-corrected chi connectivity index (χ3v) is 5.75. The second kappa shape index (κ2) is 9.29. The van der Waals surface area contributed by atoms with Crippen molar-refractivity contribution >= 4 is 34.9 Å². The molecule has 0 bridgehead atoms. The van der Waals surface area contributed by atoms with Crippen LogP contribution in [0.2, 0.25) is 0 Å². The van der Waals surface area contributed by atoms with E-state index >= 15 is 0 Å². The highest BCUT2D eigenvalue weighted by Crippen LogP contribution is 2.29. The third kappa shape index (κ3) is 4.80. The molecule has 10 nitrogen and oxygen atoms in total. The molecule has 2 heterocycles. The van der Waals surface area contributed by atoms with Gasteiger partial charge >= 0.3 is 0 Å². The molecule has 0 aliphatic carbocycles. The highest BCUT2D eigenvalue weighted by molar-refractivity contribution is 6.01. The van der Waals surface area contributed by atoms with E-state index in [1.165, 1.54) is 6.92 Å². The Kier molecular flexibility index (Phi) is 6.27. The van der Waals surface area contributed by atoms with Gasteiger partial charge in [0.15, 0.2) is 12.1 Å². The number of Topliss-reactive ketones (excluding diaryl/α,β-unsaturated/α-hetero) is 1. The smallest absolute Gasteiger partial charge is 0.229 e. The summed E-state index contributed by atoms with van der Waals surface area (Å²) in [4.78, 5) is 49.8. The van der Waals surface area contributed by atoms with E-state index in [1.807, 2.05) is 12.1 Å². The molecule has 5 N–H and O–H groups in total. The second-order valence-electron chi connectivity index (χ2n) is 7.96. The summed E-state index contributed by atoms with van der Waals surface area (Å²) in [5.74, 6) is -2.29. The number of carbonyl (C=O) groups is 4. The van der Waals surface area contributed by atoms with Gasteiger partial charge < -0.3 is 26.0 Å².